The van der Waals surface area contributed by atoms with Crippen LogP contribution in [0.3, 0.4) is 0 Å². The Labute approximate surface area is 111 Å². The molecule has 0 aromatic carbocycles. The number of pyridine rings is 1. The van der Waals surface area contributed by atoms with E-state index < -0.39 is 0 Å². The Balaban J connectivity index is 1.93. The van der Waals surface area contributed by atoms with Crippen LogP contribution < -0.4 is 0 Å². The second-order valence-electron chi connectivity index (χ2n) is 4.72. The summed E-state index contributed by atoms with van der Waals surface area (Å²) in [6.45, 7) is 2.67. The first-order chi connectivity index (χ1) is 8.88. The van der Waals surface area contributed by atoms with Crippen molar-refractivity contribution in [3.05, 3.63) is 24.3 Å². The van der Waals surface area contributed by atoms with Gasteiger partial charge in [0.05, 0.1) is 24.2 Å². The summed E-state index contributed by atoms with van der Waals surface area (Å²) in [5, 5.41) is 0. The lowest BCUT2D eigenvalue weighted by molar-refractivity contribution is 0.0485. The maximum Gasteiger partial charge on any atom is 0.124 e. The van der Waals surface area contributed by atoms with E-state index in [0.29, 0.717) is 11.8 Å². The lowest BCUT2D eigenvalue weighted by Crippen LogP contribution is -2.22. The van der Waals surface area contributed by atoms with Crippen molar-refractivity contribution in [1.82, 2.24) is 14.5 Å². The molecule has 3 rings (SSSR count). The lowest BCUT2D eigenvalue weighted by atomic mass is 10.0. The number of ether oxygens (including phenoxy) is 1. The van der Waals surface area contributed by atoms with Crippen LogP contribution in [0, 0.1) is 5.92 Å². The average molecular weight is 266 g/mol. The van der Waals surface area contributed by atoms with E-state index in [9.17, 15) is 0 Å². The van der Waals surface area contributed by atoms with E-state index in [0.717, 1.165) is 43.0 Å². The fourth-order valence-electron chi connectivity index (χ4n) is 2.55. The summed E-state index contributed by atoms with van der Waals surface area (Å²) in [5.41, 5.74) is 2.04. The minimum atomic E-state index is 0.433. The van der Waals surface area contributed by atoms with E-state index in [1.165, 1.54) is 6.42 Å². The predicted octanol–water partition coefficient (Wildman–Crippen LogP) is 2.60. The number of halogens is 1. The zero-order chi connectivity index (χ0) is 12.4. The summed E-state index contributed by atoms with van der Waals surface area (Å²) in [4.78, 5) is 8.63. The number of aromatic nitrogens is 3. The fourth-order valence-corrected chi connectivity index (χ4v) is 2.75. The molecule has 0 amide bonds. The highest BCUT2D eigenvalue weighted by Gasteiger charge is 2.18. The summed E-state index contributed by atoms with van der Waals surface area (Å²) < 4.78 is 7.75. The van der Waals surface area contributed by atoms with E-state index in [4.69, 9.17) is 16.3 Å². The Morgan fingerprint density at radius 1 is 1.50 bits per heavy atom. The van der Waals surface area contributed by atoms with Gasteiger partial charge in [-0.05, 0) is 18.9 Å². The molecule has 1 aliphatic rings. The van der Waals surface area contributed by atoms with E-state index >= 15 is 0 Å². The molecule has 96 valence electrons. The highest BCUT2D eigenvalue weighted by atomic mass is 35.5. The van der Waals surface area contributed by atoms with E-state index in [1.807, 2.05) is 6.07 Å². The molecule has 2 aromatic heterocycles. The number of nitrogens with zero attached hydrogens (tertiary/aromatic N) is 3. The molecule has 0 aliphatic carbocycles. The van der Waals surface area contributed by atoms with Crippen molar-refractivity contribution in [3.63, 3.8) is 0 Å². The Bertz CT molecular complexity index is 534. The van der Waals surface area contributed by atoms with Crippen molar-refractivity contribution in [2.75, 3.05) is 13.2 Å². The Morgan fingerprint density at radius 2 is 2.44 bits per heavy atom. The van der Waals surface area contributed by atoms with Gasteiger partial charge in [-0.1, -0.05) is 0 Å². The molecule has 0 saturated carbocycles. The molecular formula is C13H16ClN3O. The third kappa shape index (κ3) is 2.22. The fraction of sp³-hybridized carbons (Fsp3) is 0.538. The van der Waals surface area contributed by atoms with E-state index in [-0.39, 0.29) is 0 Å². The Kier molecular flexibility index (Phi) is 3.48. The summed E-state index contributed by atoms with van der Waals surface area (Å²) in [7, 11) is 0. The first kappa shape index (κ1) is 11.9. The molecule has 18 heavy (non-hydrogen) atoms. The van der Waals surface area contributed by atoms with E-state index in [2.05, 4.69) is 14.5 Å². The van der Waals surface area contributed by atoms with Gasteiger partial charge in [0.25, 0.3) is 0 Å². The SMILES string of the molecule is ClCc1nc2cnccc2n1CC1CCCOC1. The summed E-state index contributed by atoms with van der Waals surface area (Å²) >= 11 is 5.99. The van der Waals surface area contributed by atoms with Gasteiger partial charge in [-0.15, -0.1) is 11.6 Å². The molecule has 5 heteroatoms. The van der Waals surface area contributed by atoms with Crippen LogP contribution in [-0.2, 0) is 17.2 Å². The molecule has 1 fully saturated rings. The summed E-state index contributed by atoms with van der Waals surface area (Å²) in [6, 6.07) is 2.00. The molecule has 3 heterocycles. The second-order valence-corrected chi connectivity index (χ2v) is 4.99. The first-order valence-electron chi connectivity index (χ1n) is 6.31. The first-order valence-corrected chi connectivity index (χ1v) is 6.85. The van der Waals surface area contributed by atoms with Crippen molar-refractivity contribution in [1.29, 1.82) is 0 Å². The van der Waals surface area contributed by atoms with Crippen LogP contribution in [0.4, 0.5) is 0 Å². The van der Waals surface area contributed by atoms with Crippen molar-refractivity contribution < 1.29 is 4.74 Å². The summed E-state index contributed by atoms with van der Waals surface area (Å²) in [5.74, 6) is 1.92. The molecule has 0 spiro atoms. The maximum absolute atomic E-state index is 5.99. The van der Waals surface area contributed by atoms with Crippen molar-refractivity contribution in [2.45, 2.75) is 25.3 Å². The highest BCUT2D eigenvalue weighted by Crippen LogP contribution is 2.22. The lowest BCUT2D eigenvalue weighted by Gasteiger charge is -2.23. The third-order valence-corrected chi connectivity index (χ3v) is 3.68. The van der Waals surface area contributed by atoms with Gasteiger partial charge in [-0.3, -0.25) is 4.98 Å². The molecular weight excluding hydrogens is 250 g/mol. The number of alkyl halides is 1. The average Bonchev–Trinajstić information content (AvgIpc) is 2.78. The largest absolute Gasteiger partial charge is 0.381 e. The van der Waals surface area contributed by atoms with Gasteiger partial charge in [-0.2, -0.15) is 0 Å². The molecule has 1 saturated heterocycles. The van der Waals surface area contributed by atoms with Crippen molar-refractivity contribution in [3.8, 4) is 0 Å². The Morgan fingerprint density at radius 3 is 3.22 bits per heavy atom. The van der Waals surface area contributed by atoms with Crippen molar-refractivity contribution in [2.24, 2.45) is 5.92 Å². The van der Waals surface area contributed by atoms with Crippen LogP contribution in [0.5, 0.6) is 0 Å². The highest BCUT2D eigenvalue weighted by molar-refractivity contribution is 6.16. The van der Waals surface area contributed by atoms with Gasteiger partial charge in [0, 0.05) is 25.3 Å². The molecule has 1 aliphatic heterocycles. The van der Waals surface area contributed by atoms with Gasteiger partial charge in [0.1, 0.15) is 11.3 Å². The van der Waals surface area contributed by atoms with Crippen LogP contribution in [0.2, 0.25) is 0 Å². The van der Waals surface area contributed by atoms with Gasteiger partial charge in [0.15, 0.2) is 0 Å². The van der Waals surface area contributed by atoms with Gasteiger partial charge in [0.2, 0.25) is 0 Å². The minimum Gasteiger partial charge on any atom is -0.381 e. The predicted molar refractivity (Wildman–Crippen MR) is 70.6 cm³/mol. The van der Waals surface area contributed by atoms with E-state index in [1.54, 1.807) is 12.4 Å². The van der Waals surface area contributed by atoms with Gasteiger partial charge in [-0.25, -0.2) is 4.98 Å². The maximum atomic E-state index is 5.99. The summed E-state index contributed by atoms with van der Waals surface area (Å²) in [6.07, 6.45) is 5.96. The standard InChI is InChI=1S/C13H16ClN3O/c14-6-13-16-11-7-15-4-3-12(11)17(13)8-10-2-1-5-18-9-10/h3-4,7,10H,1-2,5-6,8-9H2. The number of hydrogen-bond acceptors (Lipinski definition) is 3. The zero-order valence-electron chi connectivity index (χ0n) is 10.2. The molecule has 1 unspecified atom stereocenters. The molecule has 4 nitrogen and oxygen atoms in total. The molecule has 0 bridgehead atoms. The van der Waals surface area contributed by atoms with Gasteiger partial charge >= 0.3 is 0 Å². The third-order valence-electron chi connectivity index (χ3n) is 3.44. The minimum absolute atomic E-state index is 0.433. The molecule has 1 atom stereocenters. The number of imidazole rings is 1. The zero-order valence-corrected chi connectivity index (χ0v) is 10.9. The smallest absolute Gasteiger partial charge is 0.124 e. The van der Waals surface area contributed by atoms with Crippen LogP contribution in [0.1, 0.15) is 18.7 Å². The van der Waals surface area contributed by atoms with Crippen LogP contribution in [-0.4, -0.2) is 27.7 Å². The van der Waals surface area contributed by atoms with Crippen LogP contribution in [0.25, 0.3) is 11.0 Å². The second kappa shape index (κ2) is 5.24. The molecule has 0 radical (unpaired) electrons. The quantitative estimate of drug-likeness (QED) is 0.801. The molecule has 2 aromatic rings. The number of rotatable bonds is 3. The monoisotopic (exact) mass is 265 g/mol. The number of hydrogen-bond donors (Lipinski definition) is 0. The topological polar surface area (TPSA) is 39.9 Å². The normalized spacial score (nSPS) is 20.4. The number of fused-ring (bicyclic) bond motifs is 1. The Hall–Kier alpha value is -1.13. The van der Waals surface area contributed by atoms with Crippen LogP contribution in [0.15, 0.2) is 18.5 Å². The van der Waals surface area contributed by atoms with Gasteiger partial charge < -0.3 is 9.30 Å². The molecule has 0 N–H and O–H groups in total. The van der Waals surface area contributed by atoms with Crippen molar-refractivity contribution >= 4 is 22.6 Å². The van der Waals surface area contributed by atoms with Crippen LogP contribution >= 0.6 is 11.6 Å².